The van der Waals surface area contributed by atoms with Crippen LogP contribution in [0.1, 0.15) is 0 Å². The first-order valence-electron chi connectivity index (χ1n) is 6.87. The Balaban J connectivity index is 0.000000413. The van der Waals surface area contributed by atoms with Gasteiger partial charge in [0.1, 0.15) is 12.4 Å². The normalized spacial score (nSPS) is 9.71. The van der Waals surface area contributed by atoms with Crippen LogP contribution in [-0.4, -0.2) is 51.5 Å². The minimum Gasteiger partial charge on any atom is -0.491 e. The molecule has 0 saturated carbocycles. The summed E-state index contributed by atoms with van der Waals surface area (Å²) in [6.45, 7) is 2.62. The number of carboxylic acid groups (broad SMARTS) is 2. The standard InChI is InChI=1S/C13H15BrN2O2.C2H2O4/c14-12-2-1-3-13(10-12)18-9-8-17-7-6-16-5-4-15-11-16;3-1(4)2(5)6/h1-5,10-11H,6-9H2;(H,3,4)(H,5,6). The van der Waals surface area contributed by atoms with E-state index in [9.17, 15) is 0 Å². The summed E-state index contributed by atoms with van der Waals surface area (Å²) < 4.78 is 14.0. The van der Waals surface area contributed by atoms with E-state index in [-0.39, 0.29) is 0 Å². The van der Waals surface area contributed by atoms with E-state index in [0.29, 0.717) is 19.8 Å². The zero-order valence-electron chi connectivity index (χ0n) is 12.7. The van der Waals surface area contributed by atoms with Gasteiger partial charge in [-0.2, -0.15) is 0 Å². The van der Waals surface area contributed by atoms with Crippen LogP contribution >= 0.6 is 15.9 Å². The molecular formula is C15H17BrN2O6. The van der Waals surface area contributed by atoms with Gasteiger partial charge in [-0.25, -0.2) is 14.6 Å². The summed E-state index contributed by atoms with van der Waals surface area (Å²) in [7, 11) is 0. The van der Waals surface area contributed by atoms with Gasteiger partial charge in [0.25, 0.3) is 0 Å². The molecule has 24 heavy (non-hydrogen) atoms. The molecule has 1 aromatic heterocycles. The zero-order valence-corrected chi connectivity index (χ0v) is 14.3. The SMILES string of the molecule is Brc1cccc(OCCOCCn2ccnc2)c1.O=C(O)C(=O)O. The Morgan fingerprint density at radius 3 is 2.50 bits per heavy atom. The lowest BCUT2D eigenvalue weighted by Crippen LogP contribution is -2.10. The van der Waals surface area contributed by atoms with E-state index >= 15 is 0 Å². The second kappa shape index (κ2) is 11.2. The topological polar surface area (TPSA) is 111 Å². The summed E-state index contributed by atoms with van der Waals surface area (Å²) in [5.74, 6) is -2.80. The van der Waals surface area contributed by atoms with Crippen molar-refractivity contribution in [3.05, 3.63) is 47.5 Å². The molecule has 130 valence electrons. The molecule has 0 amide bonds. The van der Waals surface area contributed by atoms with Gasteiger partial charge in [0.2, 0.25) is 0 Å². The number of rotatable bonds is 7. The van der Waals surface area contributed by atoms with E-state index in [2.05, 4.69) is 20.9 Å². The summed E-state index contributed by atoms with van der Waals surface area (Å²) in [5.41, 5.74) is 0. The Hall–Kier alpha value is -2.39. The molecule has 0 fully saturated rings. The Morgan fingerprint density at radius 2 is 1.92 bits per heavy atom. The molecule has 2 N–H and O–H groups in total. The molecule has 0 saturated heterocycles. The number of ether oxygens (including phenoxy) is 2. The Bertz CT molecular complexity index is 621. The molecule has 2 rings (SSSR count). The van der Waals surface area contributed by atoms with Crippen molar-refractivity contribution in [2.45, 2.75) is 6.54 Å². The number of hydrogen-bond acceptors (Lipinski definition) is 5. The monoisotopic (exact) mass is 400 g/mol. The summed E-state index contributed by atoms with van der Waals surface area (Å²) in [6.07, 6.45) is 5.46. The number of hydrogen-bond donors (Lipinski definition) is 2. The van der Waals surface area contributed by atoms with Crippen LogP contribution in [0.3, 0.4) is 0 Å². The van der Waals surface area contributed by atoms with Gasteiger partial charge < -0.3 is 24.3 Å². The van der Waals surface area contributed by atoms with Crippen LogP contribution < -0.4 is 4.74 Å². The maximum atomic E-state index is 9.10. The molecule has 0 atom stereocenters. The third-order valence-electron chi connectivity index (χ3n) is 2.53. The fourth-order valence-corrected chi connectivity index (χ4v) is 1.84. The third-order valence-corrected chi connectivity index (χ3v) is 3.02. The molecule has 2 aromatic rings. The second-order valence-electron chi connectivity index (χ2n) is 4.33. The minimum absolute atomic E-state index is 0.556. The maximum Gasteiger partial charge on any atom is 0.414 e. The van der Waals surface area contributed by atoms with Crippen LogP contribution in [0.15, 0.2) is 47.5 Å². The quantitative estimate of drug-likeness (QED) is 0.539. The van der Waals surface area contributed by atoms with Crippen LogP contribution in [0.5, 0.6) is 5.75 Å². The molecule has 0 radical (unpaired) electrons. The Kier molecular flexibility index (Phi) is 9.17. The molecule has 9 heteroatoms. The molecule has 0 spiro atoms. The summed E-state index contributed by atoms with van der Waals surface area (Å²) in [6, 6.07) is 7.77. The van der Waals surface area contributed by atoms with Gasteiger partial charge >= 0.3 is 11.9 Å². The van der Waals surface area contributed by atoms with Crippen molar-refractivity contribution < 1.29 is 29.3 Å². The minimum atomic E-state index is -1.82. The number of benzene rings is 1. The molecule has 0 unspecified atom stereocenters. The van der Waals surface area contributed by atoms with Crippen LogP contribution in [0, 0.1) is 0 Å². The molecule has 1 heterocycles. The average Bonchev–Trinajstić information content (AvgIpc) is 3.04. The number of nitrogens with zero attached hydrogens (tertiary/aromatic N) is 2. The van der Waals surface area contributed by atoms with Gasteiger partial charge in [-0.3, -0.25) is 0 Å². The number of halogens is 1. The van der Waals surface area contributed by atoms with Crippen molar-refractivity contribution in [1.29, 1.82) is 0 Å². The first-order chi connectivity index (χ1) is 11.5. The molecule has 1 aromatic carbocycles. The van der Waals surface area contributed by atoms with Crippen LogP contribution in [-0.2, 0) is 20.9 Å². The molecule has 0 aliphatic rings. The third kappa shape index (κ3) is 8.91. The Labute approximate surface area is 146 Å². The smallest absolute Gasteiger partial charge is 0.414 e. The highest BCUT2D eigenvalue weighted by molar-refractivity contribution is 9.10. The van der Waals surface area contributed by atoms with Crippen LogP contribution in [0.2, 0.25) is 0 Å². The summed E-state index contributed by atoms with van der Waals surface area (Å²) >= 11 is 3.40. The van der Waals surface area contributed by atoms with Gasteiger partial charge in [0.05, 0.1) is 19.5 Å². The highest BCUT2D eigenvalue weighted by Crippen LogP contribution is 2.17. The van der Waals surface area contributed by atoms with E-state index in [1.807, 2.05) is 35.0 Å². The van der Waals surface area contributed by atoms with Gasteiger partial charge in [-0.15, -0.1) is 0 Å². The van der Waals surface area contributed by atoms with Crippen molar-refractivity contribution in [3.8, 4) is 5.75 Å². The lowest BCUT2D eigenvalue weighted by Gasteiger charge is -2.07. The van der Waals surface area contributed by atoms with Crippen molar-refractivity contribution in [1.82, 2.24) is 9.55 Å². The van der Waals surface area contributed by atoms with Crippen LogP contribution in [0.25, 0.3) is 0 Å². The number of aliphatic carboxylic acids is 2. The Morgan fingerprint density at radius 1 is 1.17 bits per heavy atom. The molecular weight excluding hydrogens is 384 g/mol. The van der Waals surface area contributed by atoms with Crippen molar-refractivity contribution in [2.24, 2.45) is 0 Å². The predicted octanol–water partition coefficient (Wildman–Crippen LogP) is 1.90. The first kappa shape index (κ1) is 19.7. The van der Waals surface area contributed by atoms with Crippen molar-refractivity contribution in [3.63, 3.8) is 0 Å². The van der Waals surface area contributed by atoms with Crippen LogP contribution in [0.4, 0.5) is 0 Å². The molecule has 0 aliphatic carbocycles. The lowest BCUT2D eigenvalue weighted by atomic mass is 10.3. The second-order valence-corrected chi connectivity index (χ2v) is 5.24. The van der Waals surface area contributed by atoms with Crippen molar-refractivity contribution >= 4 is 27.9 Å². The number of carbonyl (C=O) groups is 2. The molecule has 0 bridgehead atoms. The van der Waals surface area contributed by atoms with Crippen molar-refractivity contribution in [2.75, 3.05) is 19.8 Å². The van der Waals surface area contributed by atoms with E-state index in [0.717, 1.165) is 16.8 Å². The number of imidazole rings is 1. The zero-order chi connectivity index (χ0) is 17.8. The summed E-state index contributed by atoms with van der Waals surface area (Å²) in [5, 5.41) is 14.8. The largest absolute Gasteiger partial charge is 0.491 e. The molecule has 8 nitrogen and oxygen atoms in total. The average molecular weight is 401 g/mol. The van der Waals surface area contributed by atoms with Gasteiger partial charge in [-0.1, -0.05) is 22.0 Å². The number of aromatic nitrogens is 2. The maximum absolute atomic E-state index is 9.10. The van der Waals surface area contributed by atoms with E-state index in [1.165, 1.54) is 0 Å². The first-order valence-corrected chi connectivity index (χ1v) is 7.66. The fraction of sp³-hybridized carbons (Fsp3) is 0.267. The molecule has 0 aliphatic heterocycles. The summed E-state index contributed by atoms with van der Waals surface area (Å²) in [4.78, 5) is 22.2. The van der Waals surface area contributed by atoms with E-state index in [1.54, 1.807) is 12.5 Å². The fourth-order valence-electron chi connectivity index (χ4n) is 1.47. The van der Waals surface area contributed by atoms with Gasteiger partial charge in [-0.05, 0) is 18.2 Å². The van der Waals surface area contributed by atoms with E-state index in [4.69, 9.17) is 29.3 Å². The van der Waals surface area contributed by atoms with E-state index < -0.39 is 11.9 Å². The predicted molar refractivity (Wildman–Crippen MR) is 88.0 cm³/mol. The highest BCUT2D eigenvalue weighted by Gasteiger charge is 2.04. The van der Waals surface area contributed by atoms with Gasteiger partial charge in [0, 0.05) is 23.4 Å². The lowest BCUT2D eigenvalue weighted by molar-refractivity contribution is -0.159. The number of carboxylic acids is 2. The highest BCUT2D eigenvalue weighted by atomic mass is 79.9. The van der Waals surface area contributed by atoms with Gasteiger partial charge in [0.15, 0.2) is 0 Å².